The minimum Gasteiger partial charge on any atom is -0.292 e. The van der Waals surface area contributed by atoms with Gasteiger partial charge in [-0.05, 0) is 22.0 Å². The van der Waals surface area contributed by atoms with E-state index in [1.54, 1.807) is 30.2 Å². The molecule has 0 radical (unpaired) electrons. The van der Waals surface area contributed by atoms with Crippen LogP contribution in [0.25, 0.3) is 21.9 Å². The molecule has 4 aromatic heterocycles. The third-order valence-corrected chi connectivity index (χ3v) is 4.85. The molecular weight excluding hydrogens is 394 g/mol. The maximum atomic E-state index is 12.6. The molecule has 24 heavy (non-hydrogen) atoms. The summed E-state index contributed by atoms with van der Waals surface area (Å²) < 4.78 is 3.57. The Labute approximate surface area is 148 Å². The topological polar surface area (TPSA) is 91.4 Å². The van der Waals surface area contributed by atoms with Gasteiger partial charge in [-0.1, -0.05) is 0 Å². The van der Waals surface area contributed by atoms with Crippen LogP contribution in [0.5, 0.6) is 0 Å². The van der Waals surface area contributed by atoms with Gasteiger partial charge in [0.25, 0.3) is 5.56 Å². The van der Waals surface area contributed by atoms with Crippen molar-refractivity contribution in [1.82, 2.24) is 34.3 Å². The van der Waals surface area contributed by atoms with E-state index in [4.69, 9.17) is 0 Å². The van der Waals surface area contributed by atoms with E-state index in [2.05, 4.69) is 41.0 Å². The number of rotatable bonds is 3. The molecule has 0 aliphatic carbocycles. The molecule has 10 heteroatoms. The number of aromatic nitrogens is 7. The Balaban J connectivity index is 1.70. The van der Waals surface area contributed by atoms with Crippen LogP contribution in [0.15, 0.2) is 39.6 Å². The number of hydrogen-bond acceptors (Lipinski definition) is 7. The highest BCUT2D eigenvalue weighted by Crippen LogP contribution is 2.20. The van der Waals surface area contributed by atoms with E-state index in [9.17, 15) is 4.79 Å². The fourth-order valence-corrected chi connectivity index (χ4v) is 3.66. The number of fused-ring (bicyclic) bond motifs is 1. The van der Waals surface area contributed by atoms with Crippen LogP contribution in [-0.4, -0.2) is 34.3 Å². The molecule has 4 heterocycles. The Morgan fingerprint density at radius 1 is 1.25 bits per heavy atom. The van der Waals surface area contributed by atoms with Gasteiger partial charge in [-0.2, -0.15) is 5.10 Å². The fraction of sp³-hybridized carbons (Fsp3) is 0.143. The van der Waals surface area contributed by atoms with Gasteiger partial charge in [0, 0.05) is 24.8 Å². The molecule has 120 valence electrons. The number of aryl methyl sites for hydroxylation is 1. The van der Waals surface area contributed by atoms with Crippen molar-refractivity contribution in [2.45, 2.75) is 6.54 Å². The second kappa shape index (κ2) is 5.87. The van der Waals surface area contributed by atoms with Crippen molar-refractivity contribution in [3.63, 3.8) is 0 Å². The number of halogens is 1. The summed E-state index contributed by atoms with van der Waals surface area (Å²) in [5, 5.41) is 7.24. The Morgan fingerprint density at radius 2 is 2.04 bits per heavy atom. The molecule has 4 rings (SSSR count). The molecule has 0 saturated heterocycles. The monoisotopic (exact) mass is 403 g/mol. The average molecular weight is 404 g/mol. The first kappa shape index (κ1) is 15.1. The zero-order chi connectivity index (χ0) is 16.7. The average Bonchev–Trinajstić information content (AvgIpc) is 3.16. The van der Waals surface area contributed by atoms with Crippen LogP contribution in [0.3, 0.4) is 0 Å². The lowest BCUT2D eigenvalue weighted by molar-refractivity contribution is 0.726. The lowest BCUT2D eigenvalue weighted by Crippen LogP contribution is -2.21. The van der Waals surface area contributed by atoms with E-state index in [1.807, 2.05) is 5.38 Å². The normalized spacial score (nSPS) is 11.2. The number of nitrogens with zero attached hydrogens (tertiary/aromatic N) is 7. The van der Waals surface area contributed by atoms with Gasteiger partial charge in [0.1, 0.15) is 16.3 Å². The fourth-order valence-electron chi connectivity index (χ4n) is 2.31. The predicted octanol–water partition coefficient (Wildman–Crippen LogP) is 1.85. The Hall–Kier alpha value is -2.46. The first-order valence-electron chi connectivity index (χ1n) is 6.93. The van der Waals surface area contributed by atoms with E-state index < -0.39 is 0 Å². The third-order valence-electron chi connectivity index (χ3n) is 3.41. The summed E-state index contributed by atoms with van der Waals surface area (Å²) in [5.41, 5.74) is 1.14. The molecule has 0 spiro atoms. The minimum atomic E-state index is -0.162. The second-order valence-corrected chi connectivity index (χ2v) is 6.62. The Morgan fingerprint density at radius 3 is 2.83 bits per heavy atom. The summed E-state index contributed by atoms with van der Waals surface area (Å²) in [6, 6.07) is 1.75. The first-order valence-corrected chi connectivity index (χ1v) is 8.60. The molecule has 0 aliphatic heterocycles. The predicted molar refractivity (Wildman–Crippen MR) is 92.7 cm³/mol. The van der Waals surface area contributed by atoms with Gasteiger partial charge in [0.05, 0.1) is 12.2 Å². The molecule has 0 fully saturated rings. The highest BCUT2D eigenvalue weighted by atomic mass is 79.9. The zero-order valence-electron chi connectivity index (χ0n) is 12.4. The summed E-state index contributed by atoms with van der Waals surface area (Å²) in [6.45, 7) is 0.326. The number of thiazole rings is 1. The van der Waals surface area contributed by atoms with Crippen LogP contribution in [-0.2, 0) is 13.6 Å². The van der Waals surface area contributed by atoms with Crippen LogP contribution in [0.4, 0.5) is 0 Å². The van der Waals surface area contributed by atoms with Crippen LogP contribution in [0.1, 0.15) is 5.69 Å². The van der Waals surface area contributed by atoms with E-state index >= 15 is 0 Å². The van der Waals surface area contributed by atoms with Gasteiger partial charge < -0.3 is 0 Å². The smallest absolute Gasteiger partial charge is 0.266 e. The first-order chi connectivity index (χ1) is 11.6. The molecule has 0 aromatic carbocycles. The molecule has 0 saturated carbocycles. The quantitative estimate of drug-likeness (QED) is 0.518. The molecule has 0 aliphatic rings. The Bertz CT molecular complexity index is 1090. The molecule has 0 amide bonds. The van der Waals surface area contributed by atoms with E-state index in [0.717, 1.165) is 10.7 Å². The molecule has 0 atom stereocenters. The highest BCUT2D eigenvalue weighted by Gasteiger charge is 2.14. The zero-order valence-corrected chi connectivity index (χ0v) is 14.8. The summed E-state index contributed by atoms with van der Waals surface area (Å²) in [4.78, 5) is 29.8. The maximum absolute atomic E-state index is 12.6. The maximum Gasteiger partial charge on any atom is 0.266 e. The molecule has 0 unspecified atom stereocenters. The second-order valence-electron chi connectivity index (χ2n) is 5.01. The van der Waals surface area contributed by atoms with Crippen LogP contribution >= 0.6 is 27.3 Å². The van der Waals surface area contributed by atoms with Gasteiger partial charge in [-0.3, -0.25) is 9.36 Å². The minimum absolute atomic E-state index is 0.162. The van der Waals surface area contributed by atoms with Crippen molar-refractivity contribution < 1.29 is 0 Å². The van der Waals surface area contributed by atoms with Crippen molar-refractivity contribution in [2.75, 3.05) is 0 Å². The Kier molecular flexibility index (Phi) is 3.69. The summed E-state index contributed by atoms with van der Waals surface area (Å²) >= 11 is 4.75. The standard InChI is InChI=1S/C14H10BrN7OS/c1-21-12-9(10(15)20-21)14(23)22(7-18-12)5-8-6-24-13(19-8)11-16-3-2-4-17-11/h2-4,6-7H,5H2,1H3. The van der Waals surface area contributed by atoms with Gasteiger partial charge in [-0.25, -0.2) is 24.6 Å². The van der Waals surface area contributed by atoms with Gasteiger partial charge in [0.15, 0.2) is 16.5 Å². The molecule has 4 aromatic rings. The van der Waals surface area contributed by atoms with E-state index in [1.165, 1.54) is 22.2 Å². The highest BCUT2D eigenvalue weighted by molar-refractivity contribution is 9.10. The molecule has 0 bridgehead atoms. The van der Waals surface area contributed by atoms with Crippen molar-refractivity contribution in [1.29, 1.82) is 0 Å². The largest absolute Gasteiger partial charge is 0.292 e. The van der Waals surface area contributed by atoms with Crippen LogP contribution in [0.2, 0.25) is 0 Å². The van der Waals surface area contributed by atoms with Crippen molar-refractivity contribution in [3.05, 3.63) is 50.8 Å². The van der Waals surface area contributed by atoms with Crippen molar-refractivity contribution in [2.24, 2.45) is 7.05 Å². The van der Waals surface area contributed by atoms with Gasteiger partial charge in [-0.15, -0.1) is 11.3 Å². The van der Waals surface area contributed by atoms with Crippen molar-refractivity contribution in [3.8, 4) is 10.8 Å². The van der Waals surface area contributed by atoms with E-state index in [0.29, 0.717) is 28.0 Å². The number of hydrogen-bond donors (Lipinski definition) is 0. The van der Waals surface area contributed by atoms with Crippen molar-refractivity contribution >= 4 is 38.3 Å². The van der Waals surface area contributed by atoms with Crippen LogP contribution < -0.4 is 5.56 Å². The third kappa shape index (κ3) is 2.53. The van der Waals surface area contributed by atoms with E-state index in [-0.39, 0.29) is 5.56 Å². The summed E-state index contributed by atoms with van der Waals surface area (Å²) in [5.74, 6) is 0.574. The lowest BCUT2D eigenvalue weighted by Gasteiger charge is -2.03. The summed E-state index contributed by atoms with van der Waals surface area (Å²) in [7, 11) is 1.75. The van der Waals surface area contributed by atoms with Gasteiger partial charge in [0.2, 0.25) is 0 Å². The summed E-state index contributed by atoms with van der Waals surface area (Å²) in [6.07, 6.45) is 4.86. The van der Waals surface area contributed by atoms with Crippen LogP contribution in [0, 0.1) is 0 Å². The lowest BCUT2D eigenvalue weighted by atomic mass is 10.4. The van der Waals surface area contributed by atoms with Gasteiger partial charge >= 0.3 is 0 Å². The molecule has 0 N–H and O–H groups in total. The SMILES string of the molecule is Cn1nc(Br)c2c(=O)n(Cc3csc(-c4ncccn4)n3)cnc21. The molecule has 8 nitrogen and oxygen atoms in total. The molecular formula is C14H10BrN7OS.